The van der Waals surface area contributed by atoms with Gasteiger partial charge in [-0.3, -0.25) is 4.68 Å². The monoisotopic (exact) mass is 251 g/mol. The predicted octanol–water partition coefficient (Wildman–Crippen LogP) is 1.93. The van der Waals surface area contributed by atoms with E-state index in [1.54, 1.807) is 17.9 Å². The van der Waals surface area contributed by atoms with Crippen molar-refractivity contribution in [3.8, 4) is 0 Å². The smallest absolute Gasteiger partial charge is 0.137 e. The molecule has 1 aromatic heterocycles. The van der Waals surface area contributed by atoms with Gasteiger partial charge in [-0.05, 0) is 24.6 Å². The van der Waals surface area contributed by atoms with Gasteiger partial charge in [0.25, 0.3) is 0 Å². The summed E-state index contributed by atoms with van der Waals surface area (Å²) in [5.74, 6) is 0. The lowest BCUT2D eigenvalue weighted by Gasteiger charge is -2.23. The zero-order valence-electron chi connectivity index (χ0n) is 9.55. The standard InChI is InChI=1S/C12H14ClN3O/c1-12(17,7-16-9-14-8-15-16)6-10-2-4-11(13)5-3-10/h2-5,8-9,17H,6-7H2,1H3. The molecule has 0 saturated carbocycles. The molecule has 2 aromatic rings. The highest BCUT2D eigenvalue weighted by Gasteiger charge is 2.22. The summed E-state index contributed by atoms with van der Waals surface area (Å²) in [5, 5.41) is 15.0. The normalized spacial score (nSPS) is 14.5. The van der Waals surface area contributed by atoms with Gasteiger partial charge >= 0.3 is 0 Å². The van der Waals surface area contributed by atoms with Crippen LogP contribution in [0.15, 0.2) is 36.9 Å². The molecule has 1 N–H and O–H groups in total. The fraction of sp³-hybridized carbons (Fsp3) is 0.333. The number of halogens is 1. The molecule has 1 atom stereocenters. The van der Waals surface area contributed by atoms with Gasteiger partial charge in [-0.2, -0.15) is 5.10 Å². The van der Waals surface area contributed by atoms with E-state index in [0.29, 0.717) is 18.0 Å². The maximum atomic E-state index is 10.3. The lowest BCUT2D eigenvalue weighted by molar-refractivity contribution is 0.0385. The first-order valence-corrected chi connectivity index (χ1v) is 5.72. The van der Waals surface area contributed by atoms with E-state index in [0.717, 1.165) is 5.56 Å². The summed E-state index contributed by atoms with van der Waals surface area (Å²) in [6.07, 6.45) is 3.60. The number of aliphatic hydroxyl groups is 1. The van der Waals surface area contributed by atoms with Crippen molar-refractivity contribution in [3.05, 3.63) is 47.5 Å². The van der Waals surface area contributed by atoms with Crippen LogP contribution in [0.25, 0.3) is 0 Å². The largest absolute Gasteiger partial charge is 0.388 e. The number of hydrogen-bond acceptors (Lipinski definition) is 3. The van der Waals surface area contributed by atoms with E-state index in [2.05, 4.69) is 10.1 Å². The van der Waals surface area contributed by atoms with Gasteiger partial charge < -0.3 is 5.11 Å². The maximum absolute atomic E-state index is 10.3. The average molecular weight is 252 g/mol. The quantitative estimate of drug-likeness (QED) is 0.903. The van der Waals surface area contributed by atoms with Crippen molar-refractivity contribution in [1.82, 2.24) is 14.8 Å². The minimum Gasteiger partial charge on any atom is -0.388 e. The highest BCUT2D eigenvalue weighted by molar-refractivity contribution is 6.30. The Balaban J connectivity index is 2.03. The van der Waals surface area contributed by atoms with Crippen molar-refractivity contribution in [2.24, 2.45) is 0 Å². The third-order valence-corrected chi connectivity index (χ3v) is 2.72. The van der Waals surface area contributed by atoms with Gasteiger partial charge in [-0.25, -0.2) is 4.98 Å². The van der Waals surface area contributed by atoms with Crippen LogP contribution in [-0.2, 0) is 13.0 Å². The van der Waals surface area contributed by atoms with Crippen LogP contribution < -0.4 is 0 Å². The Hall–Kier alpha value is -1.39. The van der Waals surface area contributed by atoms with Crippen LogP contribution in [0.3, 0.4) is 0 Å². The van der Waals surface area contributed by atoms with Crippen LogP contribution in [0.5, 0.6) is 0 Å². The van der Waals surface area contributed by atoms with E-state index < -0.39 is 5.60 Å². The SMILES string of the molecule is CC(O)(Cc1ccc(Cl)cc1)Cn1cncn1. The van der Waals surface area contributed by atoms with E-state index >= 15 is 0 Å². The highest BCUT2D eigenvalue weighted by atomic mass is 35.5. The Kier molecular flexibility index (Phi) is 3.45. The lowest BCUT2D eigenvalue weighted by Crippen LogP contribution is -2.33. The molecule has 1 aromatic carbocycles. The summed E-state index contributed by atoms with van der Waals surface area (Å²) >= 11 is 5.81. The summed E-state index contributed by atoms with van der Waals surface area (Å²) in [4.78, 5) is 3.85. The fourth-order valence-electron chi connectivity index (χ4n) is 1.76. The summed E-state index contributed by atoms with van der Waals surface area (Å²) in [5.41, 5.74) is 0.182. The summed E-state index contributed by atoms with van der Waals surface area (Å²) in [6.45, 7) is 2.19. The molecule has 17 heavy (non-hydrogen) atoms. The number of benzene rings is 1. The highest BCUT2D eigenvalue weighted by Crippen LogP contribution is 2.17. The molecule has 1 unspecified atom stereocenters. The number of nitrogens with zero attached hydrogens (tertiary/aromatic N) is 3. The Morgan fingerprint density at radius 2 is 2.06 bits per heavy atom. The first kappa shape index (κ1) is 12.1. The second-order valence-corrected chi connectivity index (χ2v) is 4.83. The zero-order chi connectivity index (χ0) is 12.3. The van der Waals surface area contributed by atoms with Crippen LogP contribution in [0.4, 0.5) is 0 Å². The minimum atomic E-state index is -0.860. The Bertz CT molecular complexity index is 465. The molecule has 0 spiro atoms. The molecule has 5 heteroatoms. The van der Waals surface area contributed by atoms with E-state index in [1.165, 1.54) is 6.33 Å². The van der Waals surface area contributed by atoms with Gasteiger partial charge in [0.05, 0.1) is 12.1 Å². The lowest BCUT2D eigenvalue weighted by atomic mass is 9.97. The van der Waals surface area contributed by atoms with Crippen molar-refractivity contribution in [2.45, 2.75) is 25.5 Å². The number of hydrogen-bond donors (Lipinski definition) is 1. The third kappa shape index (κ3) is 3.54. The van der Waals surface area contributed by atoms with Gasteiger partial charge in [0.2, 0.25) is 0 Å². The predicted molar refractivity (Wildman–Crippen MR) is 65.8 cm³/mol. The van der Waals surface area contributed by atoms with Gasteiger partial charge in [-0.1, -0.05) is 23.7 Å². The van der Waals surface area contributed by atoms with Crippen molar-refractivity contribution >= 4 is 11.6 Å². The molecular weight excluding hydrogens is 238 g/mol. The molecule has 0 fully saturated rings. The van der Waals surface area contributed by atoms with Crippen LogP contribution in [0.2, 0.25) is 5.02 Å². The first-order valence-electron chi connectivity index (χ1n) is 5.34. The fourth-order valence-corrected chi connectivity index (χ4v) is 1.89. The first-order chi connectivity index (χ1) is 8.05. The van der Waals surface area contributed by atoms with E-state index in [9.17, 15) is 5.11 Å². The molecular formula is C12H14ClN3O. The summed E-state index contributed by atoms with van der Waals surface area (Å²) < 4.78 is 1.62. The molecule has 0 aliphatic carbocycles. The summed E-state index contributed by atoms with van der Waals surface area (Å²) in [7, 11) is 0. The number of aromatic nitrogens is 3. The van der Waals surface area contributed by atoms with Gasteiger partial charge in [-0.15, -0.1) is 0 Å². The van der Waals surface area contributed by atoms with Crippen LogP contribution in [-0.4, -0.2) is 25.5 Å². The molecule has 2 rings (SSSR count). The Morgan fingerprint density at radius 1 is 1.35 bits per heavy atom. The van der Waals surface area contributed by atoms with Crippen molar-refractivity contribution in [2.75, 3.05) is 0 Å². The van der Waals surface area contributed by atoms with Crippen molar-refractivity contribution in [1.29, 1.82) is 0 Å². The zero-order valence-corrected chi connectivity index (χ0v) is 10.3. The molecule has 0 amide bonds. The second-order valence-electron chi connectivity index (χ2n) is 4.39. The molecule has 90 valence electrons. The average Bonchev–Trinajstić information content (AvgIpc) is 2.73. The van der Waals surface area contributed by atoms with E-state index in [-0.39, 0.29) is 0 Å². The van der Waals surface area contributed by atoms with Gasteiger partial charge in [0.15, 0.2) is 0 Å². The minimum absolute atomic E-state index is 0.412. The van der Waals surface area contributed by atoms with Gasteiger partial charge in [0, 0.05) is 11.4 Å². The third-order valence-electron chi connectivity index (χ3n) is 2.47. The molecule has 4 nitrogen and oxygen atoms in total. The topological polar surface area (TPSA) is 50.9 Å². The van der Waals surface area contributed by atoms with Crippen LogP contribution in [0, 0.1) is 0 Å². The molecule has 0 radical (unpaired) electrons. The van der Waals surface area contributed by atoms with Crippen LogP contribution in [0.1, 0.15) is 12.5 Å². The van der Waals surface area contributed by atoms with Crippen molar-refractivity contribution < 1.29 is 5.11 Å². The molecule has 0 bridgehead atoms. The maximum Gasteiger partial charge on any atom is 0.137 e. The van der Waals surface area contributed by atoms with Crippen molar-refractivity contribution in [3.63, 3.8) is 0 Å². The molecule has 0 saturated heterocycles. The van der Waals surface area contributed by atoms with Crippen LogP contribution >= 0.6 is 11.6 Å². The van der Waals surface area contributed by atoms with E-state index in [4.69, 9.17) is 11.6 Å². The Morgan fingerprint density at radius 3 is 2.65 bits per heavy atom. The second kappa shape index (κ2) is 4.85. The molecule has 0 aliphatic rings. The molecule has 0 aliphatic heterocycles. The molecule has 1 heterocycles. The number of rotatable bonds is 4. The van der Waals surface area contributed by atoms with Gasteiger partial charge in [0.1, 0.15) is 12.7 Å². The Labute approximate surface area is 105 Å². The van der Waals surface area contributed by atoms with E-state index in [1.807, 2.05) is 24.3 Å². The summed E-state index contributed by atoms with van der Waals surface area (Å²) in [6, 6.07) is 7.47.